The quantitative estimate of drug-likeness (QED) is 0.873. The van der Waals surface area contributed by atoms with E-state index in [-0.39, 0.29) is 24.0 Å². The second-order valence-electron chi connectivity index (χ2n) is 6.00. The van der Waals surface area contributed by atoms with Gasteiger partial charge in [0.15, 0.2) is 0 Å². The van der Waals surface area contributed by atoms with Gasteiger partial charge in [0.25, 0.3) is 0 Å². The molecule has 0 radical (unpaired) electrons. The predicted octanol–water partition coefficient (Wildman–Crippen LogP) is 1.96. The molecule has 3 atom stereocenters. The number of ether oxygens (including phenoxy) is 1. The zero-order chi connectivity index (χ0) is 16.9. The Bertz CT molecular complexity index is 639. The summed E-state index contributed by atoms with van der Waals surface area (Å²) in [6.07, 6.45) is 5.67. The molecule has 128 valence electrons. The monoisotopic (exact) mass is 331 g/mol. The van der Waals surface area contributed by atoms with E-state index < -0.39 is 0 Å². The Labute approximate surface area is 141 Å². The first-order valence-corrected chi connectivity index (χ1v) is 8.07. The zero-order valence-corrected chi connectivity index (χ0v) is 13.9. The average Bonchev–Trinajstić information content (AvgIpc) is 3.04. The summed E-state index contributed by atoms with van der Waals surface area (Å²) in [5.41, 5.74) is 0.825. The van der Waals surface area contributed by atoms with Crippen molar-refractivity contribution in [2.45, 2.75) is 31.5 Å². The Morgan fingerprint density at radius 2 is 2.25 bits per heavy atom. The van der Waals surface area contributed by atoms with Crippen molar-refractivity contribution in [3.05, 3.63) is 48.4 Å². The molecule has 6 nitrogen and oxygen atoms in total. The van der Waals surface area contributed by atoms with Gasteiger partial charge in [-0.05, 0) is 31.5 Å². The van der Waals surface area contributed by atoms with Crippen LogP contribution in [0, 0.1) is 5.82 Å². The zero-order valence-electron chi connectivity index (χ0n) is 13.9. The molecule has 0 aliphatic carbocycles. The van der Waals surface area contributed by atoms with Gasteiger partial charge < -0.3 is 15.0 Å². The maximum Gasteiger partial charge on any atom is 0.141 e. The molecule has 0 saturated carbocycles. The molecule has 1 saturated heterocycles. The summed E-state index contributed by atoms with van der Waals surface area (Å²) in [6, 6.07) is 5.37. The average molecular weight is 331 g/mol. The minimum atomic E-state index is -0.320. The fourth-order valence-electron chi connectivity index (χ4n) is 3.03. The number of hydrogen-bond donors (Lipinski definition) is 1. The minimum absolute atomic E-state index is 0.0412. The molecule has 1 aliphatic heterocycles. The molecule has 2 aromatic rings. The molecule has 3 rings (SSSR count). The highest BCUT2D eigenvalue weighted by molar-refractivity contribution is 5.40. The summed E-state index contributed by atoms with van der Waals surface area (Å²) >= 11 is 0. The van der Waals surface area contributed by atoms with Gasteiger partial charge in [0.1, 0.15) is 18.0 Å². The summed E-state index contributed by atoms with van der Waals surface area (Å²) < 4.78 is 18.5. The lowest BCUT2D eigenvalue weighted by molar-refractivity contribution is 0.118. The van der Waals surface area contributed by atoms with Crippen LogP contribution in [0.1, 0.15) is 25.1 Å². The van der Waals surface area contributed by atoms with Crippen molar-refractivity contribution in [2.75, 3.05) is 25.1 Å². The van der Waals surface area contributed by atoms with Crippen molar-refractivity contribution in [3.63, 3.8) is 0 Å². The maximum absolute atomic E-state index is 13.0. The van der Waals surface area contributed by atoms with Gasteiger partial charge in [0.2, 0.25) is 0 Å². The first-order chi connectivity index (χ1) is 11.7. The Balaban J connectivity index is 1.64. The van der Waals surface area contributed by atoms with Gasteiger partial charge in [-0.15, -0.1) is 0 Å². The predicted molar refractivity (Wildman–Crippen MR) is 89.2 cm³/mol. The van der Waals surface area contributed by atoms with Crippen molar-refractivity contribution in [2.24, 2.45) is 0 Å². The van der Waals surface area contributed by atoms with Crippen molar-refractivity contribution in [1.29, 1.82) is 0 Å². The molecule has 1 N–H and O–H groups in total. The van der Waals surface area contributed by atoms with E-state index in [4.69, 9.17) is 4.74 Å². The third-order valence-corrected chi connectivity index (χ3v) is 4.42. The van der Waals surface area contributed by atoms with Crippen LogP contribution in [0.5, 0.6) is 0 Å². The van der Waals surface area contributed by atoms with Crippen LogP contribution in [-0.2, 0) is 4.74 Å². The summed E-state index contributed by atoms with van der Waals surface area (Å²) in [4.78, 5) is 14.7. The van der Waals surface area contributed by atoms with E-state index in [0.29, 0.717) is 0 Å². The van der Waals surface area contributed by atoms with Gasteiger partial charge in [0, 0.05) is 38.5 Å². The number of methoxy groups -OCH3 is 1. The Morgan fingerprint density at radius 3 is 2.92 bits per heavy atom. The molecule has 0 amide bonds. The molecule has 1 unspecified atom stereocenters. The van der Waals surface area contributed by atoms with Crippen molar-refractivity contribution in [3.8, 4) is 0 Å². The number of pyridine rings is 1. The first kappa shape index (κ1) is 16.7. The first-order valence-electron chi connectivity index (χ1n) is 8.07. The van der Waals surface area contributed by atoms with E-state index in [1.165, 1.54) is 12.3 Å². The molecule has 1 fully saturated rings. The van der Waals surface area contributed by atoms with E-state index in [9.17, 15) is 4.39 Å². The molecule has 0 spiro atoms. The minimum Gasteiger partial charge on any atom is -0.380 e. The lowest BCUT2D eigenvalue weighted by Crippen LogP contribution is -2.39. The largest absolute Gasteiger partial charge is 0.380 e. The summed E-state index contributed by atoms with van der Waals surface area (Å²) in [5, 5.41) is 3.48. The number of nitrogens with one attached hydrogen (secondary N) is 1. The lowest BCUT2D eigenvalue weighted by atomic mass is 10.1. The number of nitrogens with zero attached hydrogens (tertiary/aromatic N) is 4. The Hall–Kier alpha value is -2.12. The standard InChI is InChI=1S/C17H22FN5O/c1-12(16-4-3-13(18)8-21-16)20-9-14-7-15(24-2)10-23(14)17-5-6-19-11-22-17/h3-6,8,11-12,14-15,20H,7,9-10H2,1-2H3/t12?,14-,15-/m1/s1. The fraction of sp³-hybridized carbons (Fsp3) is 0.471. The van der Waals surface area contributed by atoms with E-state index >= 15 is 0 Å². The maximum atomic E-state index is 13.0. The van der Waals surface area contributed by atoms with Gasteiger partial charge >= 0.3 is 0 Å². The smallest absolute Gasteiger partial charge is 0.141 e. The lowest BCUT2D eigenvalue weighted by Gasteiger charge is -2.26. The van der Waals surface area contributed by atoms with Crippen LogP contribution in [0.2, 0.25) is 0 Å². The number of halogens is 1. The third-order valence-electron chi connectivity index (χ3n) is 4.42. The van der Waals surface area contributed by atoms with Crippen LogP contribution in [-0.4, -0.2) is 47.3 Å². The molecular formula is C17H22FN5O. The molecule has 24 heavy (non-hydrogen) atoms. The van der Waals surface area contributed by atoms with Crippen LogP contribution in [0.3, 0.4) is 0 Å². The highest BCUT2D eigenvalue weighted by atomic mass is 19.1. The molecule has 3 heterocycles. The molecule has 1 aliphatic rings. The summed E-state index contributed by atoms with van der Waals surface area (Å²) in [7, 11) is 1.74. The number of anilines is 1. The van der Waals surface area contributed by atoms with E-state index in [1.54, 1.807) is 25.7 Å². The molecule has 0 bridgehead atoms. The van der Waals surface area contributed by atoms with Gasteiger partial charge in [-0.2, -0.15) is 0 Å². The number of rotatable bonds is 6. The molecule has 7 heteroatoms. The van der Waals surface area contributed by atoms with E-state index in [1.807, 2.05) is 13.0 Å². The van der Waals surface area contributed by atoms with Crippen LogP contribution in [0.4, 0.5) is 10.2 Å². The van der Waals surface area contributed by atoms with Gasteiger partial charge in [-0.3, -0.25) is 4.98 Å². The highest BCUT2D eigenvalue weighted by Gasteiger charge is 2.33. The van der Waals surface area contributed by atoms with Gasteiger partial charge in [0.05, 0.1) is 18.0 Å². The highest BCUT2D eigenvalue weighted by Crippen LogP contribution is 2.25. The third kappa shape index (κ3) is 3.85. The molecule has 2 aromatic heterocycles. The SMILES string of the molecule is CO[C@@H]1C[C@H](CNC(C)c2ccc(F)cn2)N(c2ccncn2)C1. The second kappa shape index (κ2) is 7.63. The fourth-order valence-corrected chi connectivity index (χ4v) is 3.03. The van der Waals surface area contributed by atoms with Gasteiger partial charge in [-0.25, -0.2) is 14.4 Å². The Morgan fingerprint density at radius 1 is 1.38 bits per heavy atom. The Kier molecular flexibility index (Phi) is 5.32. The molecule has 0 aromatic carbocycles. The number of hydrogen-bond acceptors (Lipinski definition) is 6. The van der Waals surface area contributed by atoms with E-state index in [0.717, 1.165) is 31.0 Å². The van der Waals surface area contributed by atoms with Crippen molar-refractivity contribution in [1.82, 2.24) is 20.3 Å². The molecular weight excluding hydrogens is 309 g/mol. The van der Waals surface area contributed by atoms with Crippen LogP contribution >= 0.6 is 0 Å². The normalized spacial score (nSPS) is 21.9. The van der Waals surface area contributed by atoms with Gasteiger partial charge in [-0.1, -0.05) is 0 Å². The number of aromatic nitrogens is 3. The second-order valence-corrected chi connectivity index (χ2v) is 6.00. The van der Waals surface area contributed by atoms with Crippen LogP contribution < -0.4 is 10.2 Å². The topological polar surface area (TPSA) is 63.2 Å². The summed E-state index contributed by atoms with van der Waals surface area (Å²) in [6.45, 7) is 3.60. The summed E-state index contributed by atoms with van der Waals surface area (Å²) in [5.74, 6) is 0.587. The van der Waals surface area contributed by atoms with Crippen LogP contribution in [0.15, 0.2) is 36.9 Å². The van der Waals surface area contributed by atoms with E-state index in [2.05, 4.69) is 25.2 Å². The van der Waals surface area contributed by atoms with Crippen LogP contribution in [0.25, 0.3) is 0 Å². The van der Waals surface area contributed by atoms with Crippen molar-refractivity contribution >= 4 is 5.82 Å². The van der Waals surface area contributed by atoms with Crippen molar-refractivity contribution < 1.29 is 9.13 Å².